The second-order valence-corrected chi connectivity index (χ2v) is 8.03. The number of para-hydroxylation sites is 2. The summed E-state index contributed by atoms with van der Waals surface area (Å²) in [5, 5.41) is 18.3. The summed E-state index contributed by atoms with van der Waals surface area (Å²) in [6.45, 7) is 1.30. The number of fused-ring (bicyclic) bond motifs is 1. The largest absolute Gasteiger partial charge is 0.489 e. The van der Waals surface area contributed by atoms with Crippen LogP contribution in [0.2, 0.25) is 0 Å². The number of aromatic nitrogens is 3. The maximum atomic E-state index is 11.4. The van der Waals surface area contributed by atoms with Gasteiger partial charge in [-0.15, -0.1) is 5.10 Å². The molecule has 0 fully saturated rings. The van der Waals surface area contributed by atoms with Gasteiger partial charge in [0.25, 0.3) is 0 Å². The van der Waals surface area contributed by atoms with Crippen LogP contribution in [0.25, 0.3) is 11.0 Å². The topological polar surface area (TPSA) is 93.3 Å². The van der Waals surface area contributed by atoms with E-state index >= 15 is 0 Å². The Bertz CT molecular complexity index is 1360. The number of ether oxygens (including phenoxy) is 2. The predicted octanol–water partition coefficient (Wildman–Crippen LogP) is 4.50. The minimum absolute atomic E-state index is 0.188. The number of esters is 1. The predicted molar refractivity (Wildman–Crippen MR) is 136 cm³/mol. The van der Waals surface area contributed by atoms with Crippen molar-refractivity contribution >= 4 is 17.0 Å². The molecule has 0 aliphatic carbocycles. The lowest BCUT2D eigenvalue weighted by Crippen LogP contribution is -2.35. The van der Waals surface area contributed by atoms with Crippen LogP contribution in [0.4, 0.5) is 0 Å². The van der Waals surface area contributed by atoms with Crippen molar-refractivity contribution in [2.24, 2.45) is 0 Å². The van der Waals surface area contributed by atoms with Crippen LogP contribution in [0.1, 0.15) is 23.7 Å². The van der Waals surface area contributed by atoms with Gasteiger partial charge in [-0.2, -0.15) is 5.26 Å². The molecule has 182 valence electrons. The summed E-state index contributed by atoms with van der Waals surface area (Å²) in [5.41, 5.74) is 3.64. The highest BCUT2D eigenvalue weighted by Gasteiger charge is 2.28. The maximum absolute atomic E-state index is 11.4. The lowest BCUT2D eigenvalue weighted by molar-refractivity contribution is -0.134. The summed E-state index contributed by atoms with van der Waals surface area (Å²) >= 11 is 0. The van der Waals surface area contributed by atoms with E-state index in [1.54, 1.807) is 6.08 Å². The number of hydrogen-bond acceptors (Lipinski definition) is 7. The molecule has 0 amide bonds. The molecule has 0 bridgehead atoms. The van der Waals surface area contributed by atoms with Gasteiger partial charge in [0.2, 0.25) is 0 Å². The Hall–Kier alpha value is -4.48. The molecular weight excluding hydrogens is 454 g/mol. The van der Waals surface area contributed by atoms with Crippen molar-refractivity contribution in [3.05, 3.63) is 102 Å². The number of nitriles is 1. The third-order valence-corrected chi connectivity index (χ3v) is 5.68. The smallest absolute Gasteiger partial charge is 0.330 e. The van der Waals surface area contributed by atoms with Crippen molar-refractivity contribution in [2.75, 3.05) is 20.3 Å². The Balaban J connectivity index is 1.78. The molecule has 0 saturated carbocycles. The van der Waals surface area contributed by atoms with E-state index in [1.165, 1.54) is 13.2 Å². The Morgan fingerprint density at radius 2 is 1.83 bits per heavy atom. The summed E-state index contributed by atoms with van der Waals surface area (Å²) in [4.78, 5) is 13.6. The minimum Gasteiger partial charge on any atom is -0.489 e. The number of nitrogens with zero attached hydrogens (tertiary/aromatic N) is 5. The lowest BCUT2D eigenvalue weighted by Gasteiger charge is -2.32. The number of hydrogen-bond donors (Lipinski definition) is 0. The Kier molecular flexibility index (Phi) is 8.41. The minimum atomic E-state index is -0.440. The van der Waals surface area contributed by atoms with E-state index in [-0.39, 0.29) is 6.61 Å². The standard InChI is InChI=1S/C28H27N5O3/c1-35-27(34)17-9-20-36-26-16-8-5-13-23(26)28(33-25-15-7-6-14-24(25)30-31-33)32(19-10-18-29)21-22-11-3-2-4-12-22/h2-9,11-17,28H,10,19-21H2,1H3/b17-9+. The second kappa shape index (κ2) is 12.3. The molecule has 1 atom stereocenters. The first kappa shape index (κ1) is 24.6. The van der Waals surface area contributed by atoms with Gasteiger partial charge in [-0.05, 0) is 29.8 Å². The molecule has 4 aromatic rings. The third-order valence-electron chi connectivity index (χ3n) is 5.68. The van der Waals surface area contributed by atoms with Crippen LogP contribution < -0.4 is 4.74 Å². The van der Waals surface area contributed by atoms with E-state index in [1.807, 2.05) is 71.4 Å². The molecule has 0 spiro atoms. The first-order valence-electron chi connectivity index (χ1n) is 11.6. The fourth-order valence-corrected chi connectivity index (χ4v) is 4.03. The van der Waals surface area contributed by atoms with E-state index < -0.39 is 12.1 Å². The molecule has 1 unspecified atom stereocenters. The zero-order valence-corrected chi connectivity index (χ0v) is 20.0. The number of carbonyl (C=O) groups is 1. The summed E-state index contributed by atoms with van der Waals surface area (Å²) in [7, 11) is 1.33. The summed E-state index contributed by atoms with van der Waals surface area (Å²) < 4.78 is 12.6. The highest BCUT2D eigenvalue weighted by atomic mass is 16.5. The van der Waals surface area contributed by atoms with Gasteiger partial charge in [0.15, 0.2) is 0 Å². The van der Waals surface area contributed by atoms with Crippen LogP contribution in [0.3, 0.4) is 0 Å². The molecule has 8 heteroatoms. The second-order valence-electron chi connectivity index (χ2n) is 8.03. The van der Waals surface area contributed by atoms with E-state index in [0.717, 1.165) is 22.2 Å². The van der Waals surface area contributed by atoms with Crippen LogP contribution in [-0.2, 0) is 16.1 Å². The lowest BCUT2D eigenvalue weighted by atomic mass is 10.1. The number of methoxy groups -OCH3 is 1. The highest BCUT2D eigenvalue weighted by molar-refractivity contribution is 5.81. The highest BCUT2D eigenvalue weighted by Crippen LogP contribution is 2.33. The molecule has 4 rings (SSSR count). The Morgan fingerprint density at radius 1 is 1.08 bits per heavy atom. The number of rotatable bonds is 11. The maximum Gasteiger partial charge on any atom is 0.330 e. The van der Waals surface area contributed by atoms with E-state index in [2.05, 4.69) is 38.2 Å². The van der Waals surface area contributed by atoms with Gasteiger partial charge in [0, 0.05) is 31.1 Å². The Morgan fingerprint density at radius 3 is 2.64 bits per heavy atom. The van der Waals surface area contributed by atoms with Gasteiger partial charge in [-0.25, -0.2) is 9.48 Å². The normalized spacial score (nSPS) is 12.0. The van der Waals surface area contributed by atoms with Crippen LogP contribution in [-0.4, -0.2) is 46.1 Å². The van der Waals surface area contributed by atoms with Crippen molar-refractivity contribution in [1.82, 2.24) is 19.9 Å². The van der Waals surface area contributed by atoms with E-state index in [0.29, 0.717) is 25.3 Å². The molecule has 1 aromatic heterocycles. The molecule has 0 aliphatic rings. The Labute approximate surface area is 210 Å². The van der Waals surface area contributed by atoms with Gasteiger partial charge < -0.3 is 9.47 Å². The number of benzene rings is 3. The molecule has 1 heterocycles. The SMILES string of the molecule is COC(=O)/C=C/COc1ccccc1C(N(CCC#N)Cc1ccccc1)n1nnc2ccccc21. The van der Waals surface area contributed by atoms with Crippen molar-refractivity contribution < 1.29 is 14.3 Å². The van der Waals surface area contributed by atoms with Crippen molar-refractivity contribution in [3.63, 3.8) is 0 Å². The quantitative estimate of drug-likeness (QED) is 0.230. The molecule has 0 aliphatic heterocycles. The summed E-state index contributed by atoms with van der Waals surface area (Å²) in [6.07, 6.45) is 2.90. The van der Waals surface area contributed by atoms with Crippen LogP contribution in [0.5, 0.6) is 5.75 Å². The first-order chi connectivity index (χ1) is 17.7. The monoisotopic (exact) mass is 481 g/mol. The average molecular weight is 482 g/mol. The third kappa shape index (κ3) is 5.95. The van der Waals surface area contributed by atoms with E-state index in [4.69, 9.17) is 4.74 Å². The number of carbonyl (C=O) groups excluding carboxylic acids is 1. The van der Waals surface area contributed by atoms with Gasteiger partial charge in [0.05, 0.1) is 18.7 Å². The van der Waals surface area contributed by atoms with Gasteiger partial charge in [-0.1, -0.05) is 65.9 Å². The molecule has 3 aromatic carbocycles. The molecular formula is C28H27N5O3. The molecule has 0 saturated heterocycles. The van der Waals surface area contributed by atoms with Gasteiger partial charge >= 0.3 is 5.97 Å². The molecule has 8 nitrogen and oxygen atoms in total. The van der Waals surface area contributed by atoms with Crippen LogP contribution >= 0.6 is 0 Å². The fourth-order valence-electron chi connectivity index (χ4n) is 4.03. The van der Waals surface area contributed by atoms with Gasteiger partial charge in [0.1, 0.15) is 24.0 Å². The van der Waals surface area contributed by atoms with Crippen molar-refractivity contribution in [1.29, 1.82) is 5.26 Å². The molecule has 0 radical (unpaired) electrons. The van der Waals surface area contributed by atoms with E-state index in [9.17, 15) is 10.1 Å². The van der Waals surface area contributed by atoms with Crippen molar-refractivity contribution in [2.45, 2.75) is 19.1 Å². The average Bonchev–Trinajstić information content (AvgIpc) is 3.34. The fraction of sp³-hybridized carbons (Fsp3) is 0.214. The molecule has 0 N–H and O–H groups in total. The zero-order chi connectivity index (χ0) is 25.2. The molecule has 36 heavy (non-hydrogen) atoms. The summed E-state index contributed by atoms with van der Waals surface area (Å²) in [6, 6.07) is 27.9. The van der Waals surface area contributed by atoms with Gasteiger partial charge in [-0.3, -0.25) is 4.90 Å². The summed E-state index contributed by atoms with van der Waals surface area (Å²) in [5.74, 6) is 0.205. The zero-order valence-electron chi connectivity index (χ0n) is 20.0. The van der Waals surface area contributed by atoms with Crippen LogP contribution in [0, 0.1) is 11.3 Å². The van der Waals surface area contributed by atoms with Crippen LogP contribution in [0.15, 0.2) is 91.0 Å². The van der Waals surface area contributed by atoms with Crippen molar-refractivity contribution in [3.8, 4) is 11.8 Å². The first-order valence-corrected chi connectivity index (χ1v) is 11.6.